The maximum absolute atomic E-state index is 4.05. The molecule has 0 amide bonds. The van der Waals surface area contributed by atoms with E-state index in [1.807, 2.05) is 23.5 Å². The highest BCUT2D eigenvalue weighted by atomic mass is 32.2. The van der Waals surface area contributed by atoms with E-state index in [2.05, 4.69) is 15.6 Å². The summed E-state index contributed by atoms with van der Waals surface area (Å²) >= 11 is 3.75. The van der Waals surface area contributed by atoms with Crippen LogP contribution in [0.2, 0.25) is 0 Å². The zero-order valence-corrected chi connectivity index (χ0v) is 9.66. The Labute approximate surface area is 92.7 Å². The third kappa shape index (κ3) is 3.24. The lowest BCUT2D eigenvalue weighted by Crippen LogP contribution is -2.44. The van der Waals surface area contributed by atoms with Crippen molar-refractivity contribution in [2.75, 3.05) is 24.6 Å². The van der Waals surface area contributed by atoms with Gasteiger partial charge < -0.3 is 10.6 Å². The summed E-state index contributed by atoms with van der Waals surface area (Å²) in [5.74, 6) is 2.49. The summed E-state index contributed by atoms with van der Waals surface area (Å²) in [4.78, 5) is 5.36. The average Bonchev–Trinajstić information content (AvgIpc) is 2.72. The van der Waals surface area contributed by atoms with E-state index in [-0.39, 0.29) is 0 Å². The van der Waals surface area contributed by atoms with Crippen LogP contribution in [-0.2, 0) is 6.54 Å². The molecule has 2 heterocycles. The second-order valence-electron chi connectivity index (χ2n) is 3.32. The molecule has 1 aliphatic rings. The first-order chi connectivity index (χ1) is 6.95. The maximum atomic E-state index is 4.05. The van der Waals surface area contributed by atoms with E-state index in [4.69, 9.17) is 0 Å². The van der Waals surface area contributed by atoms with E-state index in [0.717, 1.165) is 19.6 Å². The summed E-state index contributed by atoms with van der Waals surface area (Å²) in [6.45, 7) is 3.16. The summed E-state index contributed by atoms with van der Waals surface area (Å²) in [7, 11) is 0. The Morgan fingerprint density at radius 1 is 1.64 bits per heavy atom. The van der Waals surface area contributed by atoms with Gasteiger partial charge in [-0.25, -0.2) is 0 Å². The van der Waals surface area contributed by atoms with Crippen LogP contribution in [0.5, 0.6) is 0 Å². The van der Waals surface area contributed by atoms with Crippen LogP contribution < -0.4 is 10.6 Å². The predicted molar refractivity (Wildman–Crippen MR) is 62.9 cm³/mol. The van der Waals surface area contributed by atoms with Crippen LogP contribution in [0.15, 0.2) is 11.7 Å². The smallest absolute Gasteiger partial charge is 0.0794 e. The number of hydrogen-bond acceptors (Lipinski definition) is 5. The lowest BCUT2D eigenvalue weighted by atomic mass is 10.3. The van der Waals surface area contributed by atoms with Crippen molar-refractivity contribution in [1.29, 1.82) is 0 Å². The van der Waals surface area contributed by atoms with Gasteiger partial charge in [0.2, 0.25) is 0 Å². The molecule has 1 aromatic heterocycles. The third-order valence-electron chi connectivity index (χ3n) is 2.17. The fourth-order valence-corrected chi connectivity index (χ4v) is 2.96. The van der Waals surface area contributed by atoms with Crippen molar-refractivity contribution < 1.29 is 0 Å². The van der Waals surface area contributed by atoms with E-state index < -0.39 is 0 Å². The molecule has 1 fully saturated rings. The van der Waals surface area contributed by atoms with Crippen LogP contribution in [0.1, 0.15) is 4.88 Å². The van der Waals surface area contributed by atoms with Crippen molar-refractivity contribution in [2.45, 2.75) is 12.6 Å². The summed E-state index contributed by atoms with van der Waals surface area (Å²) < 4.78 is 0. The molecule has 5 heteroatoms. The van der Waals surface area contributed by atoms with Crippen molar-refractivity contribution >= 4 is 23.1 Å². The first kappa shape index (κ1) is 10.4. The van der Waals surface area contributed by atoms with Crippen molar-refractivity contribution in [2.24, 2.45) is 0 Å². The molecule has 0 saturated carbocycles. The molecule has 0 bridgehead atoms. The summed E-state index contributed by atoms with van der Waals surface area (Å²) in [6, 6.07) is 0.640. The van der Waals surface area contributed by atoms with Gasteiger partial charge in [-0.3, -0.25) is 4.98 Å². The normalized spacial score (nSPS) is 22.4. The number of nitrogens with one attached hydrogen (secondary N) is 2. The summed E-state index contributed by atoms with van der Waals surface area (Å²) in [6.07, 6.45) is 1.93. The quantitative estimate of drug-likeness (QED) is 0.806. The van der Waals surface area contributed by atoms with Gasteiger partial charge in [0.25, 0.3) is 0 Å². The second kappa shape index (κ2) is 5.70. The number of hydrogen-bond donors (Lipinski definition) is 2. The third-order valence-corrected chi connectivity index (χ3v) is 4.08. The van der Waals surface area contributed by atoms with Gasteiger partial charge in [-0.2, -0.15) is 11.8 Å². The van der Waals surface area contributed by atoms with Gasteiger partial charge in [0.05, 0.1) is 5.51 Å². The van der Waals surface area contributed by atoms with Gasteiger partial charge in [-0.1, -0.05) is 0 Å². The SMILES string of the molecule is c1ncc(CNCC2CSCCN2)s1. The van der Waals surface area contributed by atoms with Crippen molar-refractivity contribution in [3.63, 3.8) is 0 Å². The Kier molecular flexibility index (Phi) is 4.24. The molecule has 0 aliphatic carbocycles. The highest BCUT2D eigenvalue weighted by Crippen LogP contribution is 2.07. The van der Waals surface area contributed by atoms with Crippen molar-refractivity contribution in [1.82, 2.24) is 15.6 Å². The Morgan fingerprint density at radius 2 is 2.64 bits per heavy atom. The minimum Gasteiger partial charge on any atom is -0.311 e. The minimum absolute atomic E-state index is 0.640. The van der Waals surface area contributed by atoms with Crippen LogP contribution in [-0.4, -0.2) is 35.6 Å². The number of thiazole rings is 1. The molecule has 0 radical (unpaired) electrons. The Balaban J connectivity index is 1.62. The molecule has 0 aromatic carbocycles. The van der Waals surface area contributed by atoms with E-state index in [1.54, 1.807) is 11.3 Å². The van der Waals surface area contributed by atoms with E-state index >= 15 is 0 Å². The fraction of sp³-hybridized carbons (Fsp3) is 0.667. The van der Waals surface area contributed by atoms with Crippen molar-refractivity contribution in [3.8, 4) is 0 Å². The molecule has 2 rings (SSSR count). The van der Waals surface area contributed by atoms with Gasteiger partial charge >= 0.3 is 0 Å². The monoisotopic (exact) mass is 229 g/mol. The number of nitrogens with zero attached hydrogens (tertiary/aromatic N) is 1. The molecule has 78 valence electrons. The number of rotatable bonds is 4. The molecular formula is C9H15N3S2. The molecule has 2 N–H and O–H groups in total. The van der Waals surface area contributed by atoms with Crippen LogP contribution >= 0.6 is 23.1 Å². The molecule has 3 nitrogen and oxygen atoms in total. The second-order valence-corrected chi connectivity index (χ2v) is 5.45. The zero-order chi connectivity index (χ0) is 9.64. The van der Waals surface area contributed by atoms with Gasteiger partial charge in [0, 0.05) is 48.3 Å². The maximum Gasteiger partial charge on any atom is 0.0794 e. The summed E-state index contributed by atoms with van der Waals surface area (Å²) in [5, 5.41) is 6.96. The highest BCUT2D eigenvalue weighted by molar-refractivity contribution is 7.99. The Bertz CT molecular complexity index is 245. The van der Waals surface area contributed by atoms with E-state index in [1.165, 1.54) is 16.4 Å². The van der Waals surface area contributed by atoms with Crippen molar-refractivity contribution in [3.05, 3.63) is 16.6 Å². The largest absolute Gasteiger partial charge is 0.311 e. The molecule has 14 heavy (non-hydrogen) atoms. The van der Waals surface area contributed by atoms with Crippen LogP contribution in [0.4, 0.5) is 0 Å². The molecule has 1 atom stereocenters. The highest BCUT2D eigenvalue weighted by Gasteiger charge is 2.11. The fourth-order valence-electron chi connectivity index (χ4n) is 1.45. The average molecular weight is 229 g/mol. The van der Waals surface area contributed by atoms with Crippen LogP contribution in [0.25, 0.3) is 0 Å². The Hall–Kier alpha value is -0.100. The zero-order valence-electron chi connectivity index (χ0n) is 8.03. The molecular weight excluding hydrogens is 214 g/mol. The topological polar surface area (TPSA) is 37.0 Å². The van der Waals surface area contributed by atoms with E-state index in [0.29, 0.717) is 6.04 Å². The first-order valence-electron chi connectivity index (χ1n) is 4.84. The lowest BCUT2D eigenvalue weighted by molar-refractivity contribution is 0.515. The Morgan fingerprint density at radius 3 is 3.36 bits per heavy atom. The van der Waals surface area contributed by atoms with Gasteiger partial charge in [-0.15, -0.1) is 11.3 Å². The predicted octanol–water partition coefficient (Wildman–Crippen LogP) is 0.938. The molecule has 0 spiro atoms. The standard InChI is InChI=1S/C9H15N3S2/c1-2-13-6-8(12-1)3-10-4-9-5-11-7-14-9/h5,7-8,10,12H,1-4,6H2. The number of thioether (sulfide) groups is 1. The lowest BCUT2D eigenvalue weighted by Gasteiger charge is -2.23. The first-order valence-corrected chi connectivity index (χ1v) is 6.88. The van der Waals surface area contributed by atoms with Gasteiger partial charge in [-0.05, 0) is 0 Å². The molecule has 1 saturated heterocycles. The summed E-state index contributed by atoms with van der Waals surface area (Å²) in [5.41, 5.74) is 1.88. The number of aromatic nitrogens is 1. The van der Waals surface area contributed by atoms with Gasteiger partial charge in [0.1, 0.15) is 0 Å². The molecule has 1 aliphatic heterocycles. The van der Waals surface area contributed by atoms with Crippen LogP contribution in [0.3, 0.4) is 0 Å². The van der Waals surface area contributed by atoms with Gasteiger partial charge in [0.15, 0.2) is 0 Å². The minimum atomic E-state index is 0.640. The van der Waals surface area contributed by atoms with Crippen LogP contribution in [0, 0.1) is 0 Å². The molecule has 1 aromatic rings. The molecule has 1 unspecified atom stereocenters. The van der Waals surface area contributed by atoms with E-state index in [9.17, 15) is 0 Å².